The van der Waals surface area contributed by atoms with Crippen molar-refractivity contribution in [3.63, 3.8) is 0 Å². The molecule has 1 aromatic heterocycles. The molecule has 0 aliphatic heterocycles. The molecule has 0 radical (unpaired) electrons. The summed E-state index contributed by atoms with van der Waals surface area (Å²) in [5.41, 5.74) is 0.970. The van der Waals surface area contributed by atoms with Gasteiger partial charge in [-0.25, -0.2) is 4.98 Å². The van der Waals surface area contributed by atoms with E-state index >= 15 is 0 Å². The number of anilines is 1. The molecule has 1 N–H and O–H groups in total. The first-order valence-electron chi connectivity index (χ1n) is 11.5. The number of carbonyl (C=O) groups excluding carboxylic acids is 1. The lowest BCUT2D eigenvalue weighted by Crippen LogP contribution is -2.29. The van der Waals surface area contributed by atoms with Gasteiger partial charge in [0.15, 0.2) is 5.69 Å². The Kier molecular flexibility index (Phi) is 8.75. The third-order valence-electron chi connectivity index (χ3n) is 5.67. The average Bonchev–Trinajstić information content (AvgIpc) is 3.46. The smallest absolute Gasteiger partial charge is 0.378 e. The number of hydrogen-bond donors (Lipinski definition) is 1. The highest BCUT2D eigenvalue weighted by atomic mass is 32.1. The number of thiazole rings is 1. The van der Waals surface area contributed by atoms with Crippen molar-refractivity contribution >= 4 is 22.9 Å². The Morgan fingerprint density at radius 1 is 1.21 bits per heavy atom. The van der Waals surface area contributed by atoms with Crippen molar-refractivity contribution in [2.75, 3.05) is 45.2 Å². The van der Waals surface area contributed by atoms with Crippen LogP contribution in [0.1, 0.15) is 52.1 Å². The van der Waals surface area contributed by atoms with Crippen LogP contribution in [-0.2, 0) is 19.0 Å². The largest absolute Gasteiger partial charge is 0.435 e. The Bertz CT molecular complexity index is 925. The zero-order valence-electron chi connectivity index (χ0n) is 19.5. The molecule has 182 valence electrons. The van der Waals surface area contributed by atoms with Gasteiger partial charge in [0.2, 0.25) is 0 Å². The van der Waals surface area contributed by atoms with Crippen molar-refractivity contribution in [1.29, 1.82) is 0 Å². The Morgan fingerprint density at radius 2 is 1.97 bits per heavy atom. The van der Waals surface area contributed by atoms with E-state index in [9.17, 15) is 18.0 Å². The second kappa shape index (κ2) is 11.3. The van der Waals surface area contributed by atoms with Crippen molar-refractivity contribution in [2.24, 2.45) is 5.92 Å². The summed E-state index contributed by atoms with van der Waals surface area (Å²) in [6.45, 7) is 4.94. The van der Waals surface area contributed by atoms with Crippen LogP contribution >= 0.6 is 11.3 Å². The maximum atomic E-state index is 13.6. The van der Waals surface area contributed by atoms with Crippen LogP contribution in [0, 0.1) is 5.92 Å². The molecule has 1 amide bonds. The third-order valence-corrected chi connectivity index (χ3v) is 6.78. The summed E-state index contributed by atoms with van der Waals surface area (Å²) in [5, 5.41) is 3.01. The zero-order chi connectivity index (χ0) is 24.0. The molecule has 0 atom stereocenters. The van der Waals surface area contributed by atoms with Gasteiger partial charge in [0.05, 0.1) is 5.01 Å². The minimum atomic E-state index is -4.65. The quantitative estimate of drug-likeness (QED) is 0.469. The lowest BCUT2D eigenvalue weighted by molar-refractivity contribution is -0.141. The number of benzene rings is 1. The van der Waals surface area contributed by atoms with Crippen molar-refractivity contribution in [2.45, 2.75) is 45.2 Å². The number of nitrogens with one attached hydrogen (secondary N) is 1. The van der Waals surface area contributed by atoms with E-state index in [0.717, 1.165) is 48.0 Å². The van der Waals surface area contributed by atoms with Gasteiger partial charge in [-0.05, 0) is 55.8 Å². The highest BCUT2D eigenvalue weighted by molar-refractivity contribution is 7.13. The van der Waals surface area contributed by atoms with Crippen LogP contribution in [0.25, 0.3) is 0 Å². The van der Waals surface area contributed by atoms with Crippen molar-refractivity contribution < 1.29 is 18.0 Å². The zero-order valence-corrected chi connectivity index (χ0v) is 20.4. The molecule has 0 saturated heterocycles. The average molecular weight is 483 g/mol. The molecular weight excluding hydrogens is 449 g/mol. The van der Waals surface area contributed by atoms with Gasteiger partial charge in [-0.3, -0.25) is 4.79 Å². The van der Waals surface area contributed by atoms with Crippen LogP contribution < -0.4 is 10.2 Å². The lowest BCUT2D eigenvalue weighted by Gasteiger charge is -2.20. The molecule has 33 heavy (non-hydrogen) atoms. The molecule has 1 saturated carbocycles. The Hall–Kier alpha value is -2.13. The number of rotatable bonds is 12. The Balaban J connectivity index is 1.62. The SMILES string of the molecule is CCCN(CCc1nc(C(F)(F)F)c(C(=O)NCCc2cccc(N(C)C)c2)s1)CC1CC1. The van der Waals surface area contributed by atoms with Crippen molar-refractivity contribution in [3.05, 3.63) is 45.4 Å². The highest BCUT2D eigenvalue weighted by Gasteiger charge is 2.39. The predicted octanol–water partition coefficient (Wildman–Crippen LogP) is 4.86. The van der Waals surface area contributed by atoms with Crippen LogP contribution in [-0.4, -0.2) is 56.1 Å². The van der Waals surface area contributed by atoms with Gasteiger partial charge < -0.3 is 15.1 Å². The highest BCUT2D eigenvalue weighted by Crippen LogP contribution is 2.35. The first-order chi connectivity index (χ1) is 15.7. The van der Waals surface area contributed by atoms with Crippen LogP contribution in [0.15, 0.2) is 24.3 Å². The number of alkyl halides is 3. The predicted molar refractivity (Wildman–Crippen MR) is 127 cm³/mol. The molecular formula is C24H33F3N4OS. The monoisotopic (exact) mass is 482 g/mol. The maximum Gasteiger partial charge on any atom is 0.435 e. The van der Waals surface area contributed by atoms with E-state index in [-0.39, 0.29) is 11.4 Å². The number of carbonyl (C=O) groups is 1. The number of halogens is 3. The van der Waals surface area contributed by atoms with E-state index < -0.39 is 17.8 Å². The fourth-order valence-corrected chi connectivity index (χ4v) is 4.73. The fourth-order valence-electron chi connectivity index (χ4n) is 3.74. The van der Waals surface area contributed by atoms with E-state index in [2.05, 4.69) is 22.1 Å². The Labute approximate surface area is 198 Å². The molecule has 1 aromatic carbocycles. The molecule has 2 aromatic rings. The topological polar surface area (TPSA) is 48.5 Å². The molecule has 3 rings (SSSR count). The van der Waals surface area contributed by atoms with E-state index in [1.807, 2.05) is 43.3 Å². The minimum absolute atomic E-state index is 0.256. The molecule has 9 heteroatoms. The van der Waals surface area contributed by atoms with Gasteiger partial charge in [-0.1, -0.05) is 19.1 Å². The van der Waals surface area contributed by atoms with Crippen LogP contribution in [0.5, 0.6) is 0 Å². The standard InChI is InChI=1S/C24H33F3N4OS/c1-4-13-31(16-18-8-9-18)14-11-20-29-22(24(25,26)27)21(33-20)23(32)28-12-10-17-6-5-7-19(15-17)30(2)3/h5-7,15,18H,4,8-14,16H2,1-3H3,(H,28,32). The second-order valence-corrected chi connectivity index (χ2v) is 9.93. The normalized spacial score (nSPS) is 14.0. The summed E-state index contributed by atoms with van der Waals surface area (Å²) in [5.74, 6) is 0.0107. The Morgan fingerprint density at radius 3 is 2.61 bits per heavy atom. The maximum absolute atomic E-state index is 13.6. The van der Waals surface area contributed by atoms with E-state index in [0.29, 0.717) is 24.4 Å². The molecule has 5 nitrogen and oxygen atoms in total. The molecule has 1 fully saturated rings. The summed E-state index contributed by atoms with van der Waals surface area (Å²) in [6, 6.07) is 7.84. The summed E-state index contributed by atoms with van der Waals surface area (Å²) in [6.07, 6.45) is -0.223. The molecule has 0 unspecified atom stereocenters. The van der Waals surface area contributed by atoms with Crippen LogP contribution in [0.3, 0.4) is 0 Å². The van der Waals surface area contributed by atoms with Gasteiger partial charge in [0, 0.05) is 45.8 Å². The van der Waals surface area contributed by atoms with Gasteiger partial charge in [-0.2, -0.15) is 13.2 Å². The molecule has 0 spiro atoms. The fraction of sp³-hybridized carbons (Fsp3) is 0.583. The summed E-state index contributed by atoms with van der Waals surface area (Å²) in [4.78, 5) is 20.4. The summed E-state index contributed by atoms with van der Waals surface area (Å²) in [7, 11) is 3.88. The lowest BCUT2D eigenvalue weighted by atomic mass is 10.1. The van der Waals surface area contributed by atoms with E-state index in [1.165, 1.54) is 12.8 Å². The molecule has 1 heterocycles. The first kappa shape index (κ1) is 25.5. The summed E-state index contributed by atoms with van der Waals surface area (Å²) < 4.78 is 40.7. The van der Waals surface area contributed by atoms with Crippen molar-refractivity contribution in [1.82, 2.24) is 15.2 Å². The van der Waals surface area contributed by atoms with E-state index in [4.69, 9.17) is 0 Å². The van der Waals surface area contributed by atoms with Gasteiger partial charge in [0.1, 0.15) is 4.88 Å². The second-order valence-electron chi connectivity index (χ2n) is 8.85. The number of nitrogens with zero attached hydrogens (tertiary/aromatic N) is 3. The van der Waals surface area contributed by atoms with Crippen molar-refractivity contribution in [3.8, 4) is 0 Å². The molecule has 1 aliphatic rings. The first-order valence-corrected chi connectivity index (χ1v) is 12.3. The van der Waals surface area contributed by atoms with Gasteiger partial charge in [-0.15, -0.1) is 11.3 Å². The van der Waals surface area contributed by atoms with Gasteiger partial charge >= 0.3 is 6.18 Å². The van der Waals surface area contributed by atoms with Crippen LogP contribution in [0.4, 0.5) is 18.9 Å². The molecule has 1 aliphatic carbocycles. The summed E-state index contributed by atoms with van der Waals surface area (Å²) >= 11 is 0.865. The number of aromatic nitrogens is 1. The minimum Gasteiger partial charge on any atom is -0.378 e. The van der Waals surface area contributed by atoms with Gasteiger partial charge in [0.25, 0.3) is 5.91 Å². The third kappa shape index (κ3) is 7.71. The number of hydrogen-bond acceptors (Lipinski definition) is 5. The number of amides is 1. The van der Waals surface area contributed by atoms with Crippen LogP contribution in [0.2, 0.25) is 0 Å². The van der Waals surface area contributed by atoms with E-state index in [1.54, 1.807) is 0 Å². The molecule has 0 bridgehead atoms.